The first-order valence-electron chi connectivity index (χ1n) is 6.04. The van der Waals surface area contributed by atoms with E-state index in [1.54, 1.807) is 18.3 Å². The van der Waals surface area contributed by atoms with Crippen LogP contribution in [0.4, 0.5) is 5.82 Å². The molecule has 0 aliphatic carbocycles. The van der Waals surface area contributed by atoms with Gasteiger partial charge in [0.1, 0.15) is 5.82 Å². The van der Waals surface area contributed by atoms with Gasteiger partial charge in [-0.2, -0.15) is 0 Å². The van der Waals surface area contributed by atoms with E-state index >= 15 is 0 Å². The molecule has 0 atom stereocenters. The van der Waals surface area contributed by atoms with Crippen molar-refractivity contribution in [3.8, 4) is 0 Å². The van der Waals surface area contributed by atoms with Crippen LogP contribution in [0.25, 0.3) is 0 Å². The molecule has 0 bridgehead atoms. The topological polar surface area (TPSA) is 117 Å². The van der Waals surface area contributed by atoms with Crippen molar-refractivity contribution in [3.05, 3.63) is 22.8 Å². The van der Waals surface area contributed by atoms with Crippen molar-refractivity contribution in [2.24, 2.45) is 5.73 Å². The molecular weight excluding hydrogens is 413 g/mol. The molecule has 0 aliphatic rings. The van der Waals surface area contributed by atoms with Gasteiger partial charge in [-0.05, 0) is 28.1 Å². The fourth-order valence-electron chi connectivity index (χ4n) is 1.32. The van der Waals surface area contributed by atoms with E-state index in [4.69, 9.17) is 5.73 Å². The number of nitrogens with one attached hydrogen (secondary N) is 2. The third-order valence-electron chi connectivity index (χ3n) is 2.42. The Bertz CT molecular complexity index is 530. The highest BCUT2D eigenvalue weighted by Crippen LogP contribution is 2.10. The third kappa shape index (κ3) is 9.34. The maximum atomic E-state index is 11.7. The maximum Gasteiger partial charge on any atom is 0.245 e. The van der Waals surface area contributed by atoms with Crippen LogP contribution in [-0.4, -0.2) is 54.3 Å². The molecule has 0 spiro atoms. The Morgan fingerprint density at radius 3 is 2.43 bits per heavy atom. The Hall–Kier alpha value is -1.42. The van der Waals surface area contributed by atoms with Gasteiger partial charge in [0.15, 0.2) is 0 Å². The molecule has 4 N–H and O–H groups in total. The van der Waals surface area contributed by atoms with Crippen LogP contribution in [0.15, 0.2) is 22.8 Å². The van der Waals surface area contributed by atoms with Crippen LogP contribution >= 0.6 is 40.7 Å². The zero-order valence-corrected chi connectivity index (χ0v) is 15.5. The Balaban J connectivity index is 0. The second kappa shape index (κ2) is 12.1. The van der Waals surface area contributed by atoms with Crippen molar-refractivity contribution in [3.63, 3.8) is 0 Å². The molecule has 0 unspecified atom stereocenters. The molecule has 130 valence electrons. The fourth-order valence-corrected chi connectivity index (χ4v) is 1.55. The molecular formula is C12H18BrCl2N5O3. The highest BCUT2D eigenvalue weighted by atomic mass is 79.9. The molecule has 0 aromatic carbocycles. The minimum absolute atomic E-state index is 0. The van der Waals surface area contributed by atoms with E-state index in [0.717, 1.165) is 4.47 Å². The average molecular weight is 431 g/mol. The quantitative estimate of drug-likeness (QED) is 0.594. The predicted octanol–water partition coefficient (Wildman–Crippen LogP) is 0.160. The van der Waals surface area contributed by atoms with E-state index in [-0.39, 0.29) is 50.4 Å². The number of rotatable bonds is 6. The van der Waals surface area contributed by atoms with Crippen molar-refractivity contribution in [1.82, 2.24) is 15.2 Å². The van der Waals surface area contributed by atoms with Crippen molar-refractivity contribution in [1.29, 1.82) is 0 Å². The lowest BCUT2D eigenvalue weighted by molar-refractivity contribution is -0.134. The smallest absolute Gasteiger partial charge is 0.245 e. The van der Waals surface area contributed by atoms with E-state index in [2.05, 4.69) is 31.5 Å². The third-order valence-corrected chi connectivity index (χ3v) is 2.89. The highest BCUT2D eigenvalue weighted by Gasteiger charge is 2.13. The van der Waals surface area contributed by atoms with Crippen LogP contribution < -0.4 is 16.4 Å². The summed E-state index contributed by atoms with van der Waals surface area (Å²) in [5.74, 6) is -0.817. The average Bonchev–Trinajstić information content (AvgIpc) is 2.46. The van der Waals surface area contributed by atoms with Gasteiger partial charge in [0.2, 0.25) is 17.7 Å². The summed E-state index contributed by atoms with van der Waals surface area (Å²) in [5, 5.41) is 4.90. The Kier molecular flexibility index (Phi) is 12.5. The molecule has 1 aromatic heterocycles. The van der Waals surface area contributed by atoms with E-state index < -0.39 is 11.8 Å². The van der Waals surface area contributed by atoms with Crippen LogP contribution in [0.5, 0.6) is 0 Å². The van der Waals surface area contributed by atoms with Crippen LogP contribution in [0.2, 0.25) is 0 Å². The first-order chi connectivity index (χ1) is 9.92. The summed E-state index contributed by atoms with van der Waals surface area (Å²) < 4.78 is 0.795. The monoisotopic (exact) mass is 429 g/mol. The standard InChI is InChI=1S/C12H16BrN5O3.2ClH/c1-18(12(21)6-16-10(19)4-14)7-11(20)17-9-3-2-8(13)5-15-9;;/h2-3,5H,4,6-7,14H2,1H3,(H,16,19)(H,15,17,20);2*1H. The van der Waals surface area contributed by atoms with Gasteiger partial charge >= 0.3 is 0 Å². The highest BCUT2D eigenvalue weighted by molar-refractivity contribution is 9.10. The number of pyridine rings is 1. The molecule has 3 amide bonds. The minimum Gasteiger partial charge on any atom is -0.346 e. The molecule has 1 aromatic rings. The summed E-state index contributed by atoms with van der Waals surface area (Å²) >= 11 is 3.23. The van der Waals surface area contributed by atoms with Crippen molar-refractivity contribution in [2.75, 3.05) is 32.0 Å². The zero-order valence-electron chi connectivity index (χ0n) is 12.2. The number of carbonyl (C=O) groups is 3. The van der Waals surface area contributed by atoms with Crippen LogP contribution in [-0.2, 0) is 14.4 Å². The SMILES string of the molecule is CN(CC(=O)Nc1ccc(Br)cn1)C(=O)CNC(=O)CN.Cl.Cl. The van der Waals surface area contributed by atoms with E-state index in [1.165, 1.54) is 11.9 Å². The summed E-state index contributed by atoms with van der Waals surface area (Å²) in [5.41, 5.74) is 5.10. The van der Waals surface area contributed by atoms with Gasteiger partial charge in [0, 0.05) is 17.7 Å². The Morgan fingerprint density at radius 2 is 1.91 bits per heavy atom. The number of nitrogens with two attached hydrogens (primary N) is 1. The van der Waals surface area contributed by atoms with E-state index in [0.29, 0.717) is 5.82 Å². The van der Waals surface area contributed by atoms with Gasteiger partial charge in [-0.15, -0.1) is 24.8 Å². The van der Waals surface area contributed by atoms with Gasteiger partial charge in [0.05, 0.1) is 19.6 Å². The number of hydrogen-bond acceptors (Lipinski definition) is 5. The molecule has 1 heterocycles. The Labute approximate surface area is 154 Å². The first kappa shape index (κ1) is 23.8. The lowest BCUT2D eigenvalue weighted by Gasteiger charge is -2.16. The number of halogens is 3. The van der Waals surface area contributed by atoms with Crippen LogP contribution in [0.1, 0.15) is 0 Å². The van der Waals surface area contributed by atoms with E-state index in [9.17, 15) is 14.4 Å². The zero-order chi connectivity index (χ0) is 15.8. The Morgan fingerprint density at radius 1 is 1.26 bits per heavy atom. The van der Waals surface area contributed by atoms with Crippen LogP contribution in [0, 0.1) is 0 Å². The number of carbonyl (C=O) groups excluding carboxylic acids is 3. The summed E-state index contributed by atoms with van der Waals surface area (Å²) in [6, 6.07) is 3.37. The van der Waals surface area contributed by atoms with Gasteiger partial charge in [-0.1, -0.05) is 0 Å². The molecule has 0 saturated heterocycles. The normalized spacial score (nSPS) is 9.00. The number of nitrogens with zero attached hydrogens (tertiary/aromatic N) is 2. The molecule has 11 heteroatoms. The first-order valence-corrected chi connectivity index (χ1v) is 6.84. The number of likely N-dealkylation sites (N-methyl/N-ethyl adjacent to an activating group) is 1. The lowest BCUT2D eigenvalue weighted by Crippen LogP contribution is -2.42. The van der Waals surface area contributed by atoms with Crippen molar-refractivity contribution >= 4 is 64.3 Å². The summed E-state index contributed by atoms with van der Waals surface area (Å²) in [6.45, 7) is -0.530. The summed E-state index contributed by atoms with van der Waals surface area (Å²) in [7, 11) is 1.46. The minimum atomic E-state index is -0.430. The molecule has 0 saturated carbocycles. The number of amides is 3. The predicted molar refractivity (Wildman–Crippen MR) is 94.8 cm³/mol. The van der Waals surface area contributed by atoms with Crippen molar-refractivity contribution in [2.45, 2.75) is 0 Å². The molecule has 0 fully saturated rings. The maximum absolute atomic E-state index is 11.7. The van der Waals surface area contributed by atoms with E-state index in [1.807, 2.05) is 0 Å². The lowest BCUT2D eigenvalue weighted by atomic mass is 10.4. The fraction of sp³-hybridized carbons (Fsp3) is 0.333. The van der Waals surface area contributed by atoms with Gasteiger partial charge in [-0.25, -0.2) is 4.98 Å². The second-order valence-electron chi connectivity index (χ2n) is 4.14. The van der Waals surface area contributed by atoms with Crippen LogP contribution in [0.3, 0.4) is 0 Å². The van der Waals surface area contributed by atoms with Crippen molar-refractivity contribution < 1.29 is 14.4 Å². The largest absolute Gasteiger partial charge is 0.346 e. The number of hydrogen-bond donors (Lipinski definition) is 3. The number of anilines is 1. The molecule has 23 heavy (non-hydrogen) atoms. The van der Waals surface area contributed by atoms with Gasteiger partial charge in [-0.3, -0.25) is 14.4 Å². The second-order valence-corrected chi connectivity index (χ2v) is 5.06. The number of aromatic nitrogens is 1. The molecule has 0 aliphatic heterocycles. The molecule has 8 nitrogen and oxygen atoms in total. The summed E-state index contributed by atoms with van der Waals surface area (Å²) in [6.07, 6.45) is 1.55. The molecule has 1 rings (SSSR count). The summed E-state index contributed by atoms with van der Waals surface area (Å²) in [4.78, 5) is 39.5. The van der Waals surface area contributed by atoms with Gasteiger partial charge in [0.25, 0.3) is 0 Å². The molecule has 0 radical (unpaired) electrons. The van der Waals surface area contributed by atoms with Gasteiger partial charge < -0.3 is 21.3 Å².